The molecule has 4 aliphatic carbocycles. The third-order valence-electron chi connectivity index (χ3n) is 11.2. The predicted octanol–water partition coefficient (Wildman–Crippen LogP) is 8.99. The molecule has 7 unspecified atom stereocenters. The van der Waals surface area contributed by atoms with Crippen LogP contribution in [-0.2, 0) is 0 Å². The summed E-state index contributed by atoms with van der Waals surface area (Å²) in [6, 6.07) is 0. The van der Waals surface area contributed by atoms with E-state index in [1.807, 2.05) is 0 Å². The molecule has 4 fully saturated rings. The van der Waals surface area contributed by atoms with Crippen LogP contribution in [0.1, 0.15) is 118 Å². The van der Waals surface area contributed by atoms with Crippen molar-refractivity contribution in [2.24, 2.45) is 65.1 Å². The first-order chi connectivity index (χ1) is 13.9. The molecule has 0 heterocycles. The molecular weight excluding hydrogens is 348 g/mol. The summed E-state index contributed by atoms with van der Waals surface area (Å²) in [4.78, 5) is 0. The van der Waals surface area contributed by atoms with E-state index in [2.05, 4.69) is 34.6 Å². The third kappa shape index (κ3) is 4.92. The fraction of sp³-hybridized carbons (Fsp3) is 1.00. The largest absolute Gasteiger partial charge is 0.0625 e. The van der Waals surface area contributed by atoms with Crippen molar-refractivity contribution in [3.63, 3.8) is 0 Å². The monoisotopic (exact) mass is 400 g/mol. The van der Waals surface area contributed by atoms with E-state index in [-0.39, 0.29) is 0 Å². The molecule has 0 aromatic heterocycles. The molecule has 0 aliphatic heterocycles. The van der Waals surface area contributed by atoms with Gasteiger partial charge in [-0.3, -0.25) is 0 Å². The van der Waals surface area contributed by atoms with E-state index in [1.165, 1.54) is 38.5 Å². The van der Waals surface area contributed by atoms with Crippen molar-refractivity contribution >= 4 is 0 Å². The molecule has 0 amide bonds. The second-order valence-electron chi connectivity index (χ2n) is 12.9. The van der Waals surface area contributed by atoms with Crippen molar-refractivity contribution in [3.05, 3.63) is 0 Å². The summed E-state index contributed by atoms with van der Waals surface area (Å²) >= 11 is 0. The zero-order valence-electron chi connectivity index (χ0n) is 20.5. The average molecular weight is 401 g/mol. The van der Waals surface area contributed by atoms with Gasteiger partial charge in [0.2, 0.25) is 0 Å². The molecule has 4 saturated carbocycles. The van der Waals surface area contributed by atoms with Gasteiger partial charge < -0.3 is 0 Å². The summed E-state index contributed by atoms with van der Waals surface area (Å²) < 4.78 is 0. The Kier molecular flexibility index (Phi) is 7.39. The Balaban J connectivity index is 1.31. The molecule has 4 aliphatic rings. The van der Waals surface area contributed by atoms with Crippen LogP contribution >= 0.6 is 0 Å². The summed E-state index contributed by atoms with van der Waals surface area (Å²) in [7, 11) is 0. The van der Waals surface area contributed by atoms with Crippen LogP contribution in [0.25, 0.3) is 0 Å². The van der Waals surface area contributed by atoms with Crippen LogP contribution < -0.4 is 0 Å². The van der Waals surface area contributed by atoms with Crippen molar-refractivity contribution in [3.8, 4) is 0 Å². The number of hydrogen-bond donors (Lipinski definition) is 0. The molecule has 0 N–H and O–H groups in total. The SMILES string of the molecule is CC1CCC(C2CCC(C3CCC(C4CCC(C)CC4)C(C)C3C)C(C)C2)CC1. The highest BCUT2D eigenvalue weighted by molar-refractivity contribution is 4.94. The summed E-state index contributed by atoms with van der Waals surface area (Å²) in [6.45, 7) is 12.9. The van der Waals surface area contributed by atoms with Gasteiger partial charge in [0.1, 0.15) is 0 Å². The van der Waals surface area contributed by atoms with Crippen molar-refractivity contribution in [1.82, 2.24) is 0 Å². The van der Waals surface area contributed by atoms with Crippen LogP contribution in [0.4, 0.5) is 0 Å². The molecule has 0 bridgehead atoms. The van der Waals surface area contributed by atoms with Crippen molar-refractivity contribution in [2.45, 2.75) is 118 Å². The molecular formula is C29H52. The van der Waals surface area contributed by atoms with Crippen molar-refractivity contribution < 1.29 is 0 Å². The maximum atomic E-state index is 2.66. The van der Waals surface area contributed by atoms with Gasteiger partial charge in [0.25, 0.3) is 0 Å². The fourth-order valence-corrected chi connectivity index (χ4v) is 8.96. The Morgan fingerprint density at radius 1 is 0.379 bits per heavy atom. The fourth-order valence-electron chi connectivity index (χ4n) is 8.96. The van der Waals surface area contributed by atoms with Crippen LogP contribution in [-0.4, -0.2) is 0 Å². The van der Waals surface area contributed by atoms with E-state index in [0.717, 1.165) is 65.1 Å². The minimum Gasteiger partial charge on any atom is -0.0625 e. The Morgan fingerprint density at radius 3 is 1.41 bits per heavy atom. The molecule has 4 rings (SSSR count). The number of hydrogen-bond acceptors (Lipinski definition) is 0. The van der Waals surface area contributed by atoms with Crippen LogP contribution in [0.3, 0.4) is 0 Å². The zero-order valence-corrected chi connectivity index (χ0v) is 20.5. The Bertz CT molecular complexity index is 492. The van der Waals surface area contributed by atoms with Gasteiger partial charge in [0.05, 0.1) is 0 Å². The lowest BCUT2D eigenvalue weighted by Gasteiger charge is -2.50. The second-order valence-corrected chi connectivity index (χ2v) is 12.9. The van der Waals surface area contributed by atoms with E-state index < -0.39 is 0 Å². The number of rotatable bonds is 3. The van der Waals surface area contributed by atoms with Crippen LogP contribution in [0.2, 0.25) is 0 Å². The molecule has 0 aromatic carbocycles. The maximum Gasteiger partial charge on any atom is -0.0355 e. The van der Waals surface area contributed by atoms with Crippen molar-refractivity contribution in [1.29, 1.82) is 0 Å². The zero-order chi connectivity index (χ0) is 20.5. The van der Waals surface area contributed by atoms with Gasteiger partial charge in [-0.15, -0.1) is 0 Å². The molecule has 0 nitrogen and oxygen atoms in total. The van der Waals surface area contributed by atoms with Crippen LogP contribution in [0.15, 0.2) is 0 Å². The minimum atomic E-state index is 0.965. The van der Waals surface area contributed by atoms with Gasteiger partial charge >= 0.3 is 0 Å². The highest BCUT2D eigenvalue weighted by Crippen LogP contribution is 2.53. The Hall–Kier alpha value is 0. The lowest BCUT2D eigenvalue weighted by Crippen LogP contribution is -2.42. The first-order valence-corrected chi connectivity index (χ1v) is 13.9. The Morgan fingerprint density at radius 2 is 0.828 bits per heavy atom. The maximum absolute atomic E-state index is 2.66. The lowest BCUT2D eigenvalue weighted by atomic mass is 9.55. The van der Waals surface area contributed by atoms with E-state index >= 15 is 0 Å². The summed E-state index contributed by atoms with van der Waals surface area (Å²) in [5.41, 5.74) is 0. The Labute approximate surface area is 183 Å². The van der Waals surface area contributed by atoms with Gasteiger partial charge in [0, 0.05) is 0 Å². The van der Waals surface area contributed by atoms with Gasteiger partial charge in [-0.25, -0.2) is 0 Å². The smallest absolute Gasteiger partial charge is 0.0355 e. The first kappa shape index (κ1) is 22.2. The van der Waals surface area contributed by atoms with Gasteiger partial charge in [-0.1, -0.05) is 60.3 Å². The second kappa shape index (κ2) is 9.65. The van der Waals surface area contributed by atoms with E-state index in [9.17, 15) is 0 Å². The third-order valence-corrected chi connectivity index (χ3v) is 11.2. The molecule has 0 saturated heterocycles. The molecule has 0 aromatic rings. The lowest BCUT2D eigenvalue weighted by molar-refractivity contribution is -0.00745. The highest BCUT2D eigenvalue weighted by Gasteiger charge is 2.44. The van der Waals surface area contributed by atoms with Crippen LogP contribution in [0.5, 0.6) is 0 Å². The molecule has 168 valence electrons. The average Bonchev–Trinajstić information content (AvgIpc) is 2.72. The van der Waals surface area contributed by atoms with E-state index in [4.69, 9.17) is 0 Å². The summed E-state index contributed by atoms with van der Waals surface area (Å²) in [6.07, 6.45) is 20.0. The molecule has 0 spiro atoms. The first-order valence-electron chi connectivity index (χ1n) is 13.9. The molecule has 7 atom stereocenters. The van der Waals surface area contributed by atoms with Crippen LogP contribution in [0, 0.1) is 65.1 Å². The standard InChI is InChI=1S/C29H52/c1-19-6-10-24(11-7-19)26-14-15-27(21(3)18-26)29-17-16-28(22(4)23(29)5)25-12-8-20(2)9-13-25/h19-29H,6-18H2,1-5H3. The normalized spacial score (nSPS) is 52.2. The van der Waals surface area contributed by atoms with Crippen molar-refractivity contribution in [2.75, 3.05) is 0 Å². The van der Waals surface area contributed by atoms with Gasteiger partial charge in [-0.05, 0) is 123 Å². The summed E-state index contributed by atoms with van der Waals surface area (Å²) in [5, 5.41) is 0. The topological polar surface area (TPSA) is 0 Å². The predicted molar refractivity (Wildman–Crippen MR) is 127 cm³/mol. The van der Waals surface area contributed by atoms with Gasteiger partial charge in [-0.2, -0.15) is 0 Å². The minimum absolute atomic E-state index is 0.965. The molecule has 0 heteroatoms. The quantitative estimate of drug-likeness (QED) is 0.443. The van der Waals surface area contributed by atoms with Gasteiger partial charge in [0.15, 0.2) is 0 Å². The van der Waals surface area contributed by atoms with E-state index in [1.54, 1.807) is 44.9 Å². The van der Waals surface area contributed by atoms with E-state index in [0.29, 0.717) is 0 Å². The highest BCUT2D eigenvalue weighted by atomic mass is 14.5. The molecule has 29 heavy (non-hydrogen) atoms. The summed E-state index contributed by atoms with van der Waals surface area (Å²) in [5.74, 6) is 11.3. The molecule has 0 radical (unpaired) electrons.